The molecule has 1 atom stereocenters. The zero-order valence-corrected chi connectivity index (χ0v) is 19.7. The van der Waals surface area contributed by atoms with Gasteiger partial charge in [0.25, 0.3) is 5.91 Å². The van der Waals surface area contributed by atoms with E-state index >= 15 is 0 Å². The van der Waals surface area contributed by atoms with Gasteiger partial charge in [-0.1, -0.05) is 30.3 Å². The van der Waals surface area contributed by atoms with Crippen molar-refractivity contribution in [3.05, 3.63) is 107 Å². The summed E-state index contributed by atoms with van der Waals surface area (Å²) in [6.45, 7) is 2.60. The number of rotatable bonds is 7. The maximum absolute atomic E-state index is 12.7. The first-order valence-corrected chi connectivity index (χ1v) is 11.6. The van der Waals surface area contributed by atoms with E-state index in [9.17, 15) is 9.59 Å². The van der Waals surface area contributed by atoms with Gasteiger partial charge in [-0.2, -0.15) is 0 Å². The molecule has 1 unspecified atom stereocenters. The molecule has 1 N–H and O–H groups in total. The third-order valence-electron chi connectivity index (χ3n) is 4.78. The van der Waals surface area contributed by atoms with E-state index < -0.39 is 0 Å². The molecule has 0 saturated heterocycles. The molecule has 1 aromatic carbocycles. The van der Waals surface area contributed by atoms with Gasteiger partial charge in [0, 0.05) is 49.2 Å². The minimum Gasteiger partial charge on any atom is -0.341 e. The van der Waals surface area contributed by atoms with Crippen LogP contribution in [0.4, 0.5) is 5.69 Å². The Hall–Kier alpha value is -3.76. The number of nitrogens with one attached hydrogen (secondary N) is 1. The number of likely N-dealkylation sites (N-methyl/N-ethyl adjacent to an activating group) is 1. The fourth-order valence-electron chi connectivity index (χ4n) is 2.93. The monoisotopic (exact) mass is 458 g/mol. The SMILES string of the molecule is Cc1cccccc(/C=C/C(=O)Nc2ccc(C(=O)N(C)CCc3ccccn3)cc2)n[pH]1. The number of pyridine rings is 1. The molecule has 0 bridgehead atoms. The van der Waals surface area contributed by atoms with E-state index in [0.717, 1.165) is 11.4 Å². The molecule has 2 heterocycles. The standard InChI is InChI=1S/C26H27N4O2P/c1-20-8-4-3-5-10-24(29-33-20)15-16-25(31)28-23-13-11-21(12-14-23)26(32)30(2)19-17-22-9-6-7-18-27-22/h3-16,18,33H,17,19H2,1-2H3,(H,28,31)/b4-3?,10-5?,16-15+,20-8?,29-24?. The first-order valence-electron chi connectivity index (χ1n) is 10.6. The summed E-state index contributed by atoms with van der Waals surface area (Å²) in [6.07, 6.45) is 5.59. The van der Waals surface area contributed by atoms with Crippen LogP contribution in [0.2, 0.25) is 0 Å². The van der Waals surface area contributed by atoms with Gasteiger partial charge in [0.1, 0.15) is 0 Å². The summed E-state index contributed by atoms with van der Waals surface area (Å²) < 4.78 is 4.52. The number of amides is 2. The van der Waals surface area contributed by atoms with Crippen molar-refractivity contribution in [3.63, 3.8) is 0 Å². The predicted molar refractivity (Wildman–Crippen MR) is 135 cm³/mol. The predicted octanol–water partition coefficient (Wildman–Crippen LogP) is 4.91. The number of nitrogens with zero attached hydrogens (tertiary/aromatic N) is 3. The highest BCUT2D eigenvalue weighted by Gasteiger charge is 2.12. The zero-order valence-electron chi connectivity index (χ0n) is 18.7. The molecule has 0 aliphatic carbocycles. The maximum Gasteiger partial charge on any atom is 0.253 e. The van der Waals surface area contributed by atoms with Gasteiger partial charge in [-0.05, 0) is 69.1 Å². The molecule has 6 nitrogen and oxygen atoms in total. The number of carbonyl (C=O) groups excluding carboxylic acids is 2. The lowest BCUT2D eigenvalue weighted by molar-refractivity contribution is -0.111. The highest BCUT2D eigenvalue weighted by molar-refractivity contribution is 7.26. The van der Waals surface area contributed by atoms with Crippen LogP contribution in [0.3, 0.4) is 0 Å². The Morgan fingerprint density at radius 1 is 1.00 bits per heavy atom. The third kappa shape index (κ3) is 8.02. The Morgan fingerprint density at radius 2 is 1.76 bits per heavy atom. The van der Waals surface area contributed by atoms with E-state index in [1.165, 1.54) is 11.4 Å². The van der Waals surface area contributed by atoms with Crippen molar-refractivity contribution in [2.75, 3.05) is 18.9 Å². The van der Waals surface area contributed by atoms with Crippen LogP contribution < -0.4 is 5.32 Å². The number of aromatic nitrogens is 2. The van der Waals surface area contributed by atoms with Crippen LogP contribution in [0.5, 0.6) is 0 Å². The molecule has 2 amide bonds. The van der Waals surface area contributed by atoms with Crippen molar-refractivity contribution in [1.82, 2.24) is 14.6 Å². The van der Waals surface area contributed by atoms with E-state index in [4.69, 9.17) is 0 Å². The fourth-order valence-corrected chi connectivity index (χ4v) is 3.55. The zero-order chi connectivity index (χ0) is 23.5. The second-order valence-corrected chi connectivity index (χ2v) is 8.68. The van der Waals surface area contributed by atoms with Crippen LogP contribution in [0.1, 0.15) is 27.0 Å². The Morgan fingerprint density at radius 3 is 2.52 bits per heavy atom. The van der Waals surface area contributed by atoms with Gasteiger partial charge in [-0.3, -0.25) is 14.6 Å². The Labute approximate surface area is 195 Å². The van der Waals surface area contributed by atoms with Gasteiger partial charge >= 0.3 is 0 Å². The van der Waals surface area contributed by atoms with E-state index in [-0.39, 0.29) is 11.8 Å². The third-order valence-corrected chi connectivity index (χ3v) is 5.67. The van der Waals surface area contributed by atoms with E-state index in [0.29, 0.717) is 32.6 Å². The number of hydrogen-bond acceptors (Lipinski definition) is 4. The minimum absolute atomic E-state index is 0.0760. The summed E-state index contributed by atoms with van der Waals surface area (Å²) in [6, 6.07) is 22.3. The summed E-state index contributed by atoms with van der Waals surface area (Å²) in [5.41, 5.74) is 2.86. The Balaban J connectivity index is 1.56. The molecule has 2 aromatic heterocycles. The first kappa shape index (κ1) is 23.9. The lowest BCUT2D eigenvalue weighted by Crippen LogP contribution is -2.29. The molecule has 3 rings (SSSR count). The highest BCUT2D eigenvalue weighted by atomic mass is 31.0. The summed E-state index contributed by atoms with van der Waals surface area (Å²) in [4.78, 5) is 30.9. The summed E-state index contributed by atoms with van der Waals surface area (Å²) in [7, 11) is 2.10. The fraction of sp³-hybridized carbons (Fsp3) is 0.154. The molecule has 0 aliphatic heterocycles. The largest absolute Gasteiger partial charge is 0.341 e. The normalized spacial score (nSPS) is 10.7. The van der Waals surface area contributed by atoms with Gasteiger partial charge in [-0.25, -0.2) is 4.75 Å². The van der Waals surface area contributed by atoms with E-state index in [1.54, 1.807) is 48.5 Å². The van der Waals surface area contributed by atoms with Crippen LogP contribution in [0.25, 0.3) is 6.08 Å². The number of carbonyl (C=O) groups is 2. The molecular weight excluding hydrogens is 431 g/mol. The van der Waals surface area contributed by atoms with Crippen molar-refractivity contribution < 1.29 is 9.59 Å². The van der Waals surface area contributed by atoms with Crippen LogP contribution in [-0.4, -0.2) is 40.0 Å². The number of anilines is 1. The van der Waals surface area contributed by atoms with Crippen molar-refractivity contribution in [2.24, 2.45) is 0 Å². The lowest BCUT2D eigenvalue weighted by Gasteiger charge is -2.17. The quantitative estimate of drug-likeness (QED) is 0.511. The van der Waals surface area contributed by atoms with E-state index in [1.807, 2.05) is 55.5 Å². The number of benzene rings is 1. The van der Waals surface area contributed by atoms with Crippen LogP contribution in [-0.2, 0) is 11.2 Å². The Kier molecular flexibility index (Phi) is 8.92. The molecule has 0 saturated carbocycles. The molecule has 0 fully saturated rings. The second-order valence-electron chi connectivity index (χ2n) is 7.44. The molecule has 0 aliphatic rings. The maximum atomic E-state index is 12.7. The smallest absolute Gasteiger partial charge is 0.253 e. The molecule has 7 heteroatoms. The molecule has 168 valence electrons. The number of hydrogen-bond donors (Lipinski definition) is 1. The van der Waals surface area contributed by atoms with Gasteiger partial charge in [0.15, 0.2) is 0 Å². The topological polar surface area (TPSA) is 75.2 Å². The first-order chi connectivity index (χ1) is 16.0. The Bertz CT molecular complexity index is 1160. The summed E-state index contributed by atoms with van der Waals surface area (Å²) in [5, 5.41) is 3.98. The second kappa shape index (κ2) is 12.3. The average molecular weight is 459 g/mol. The molecule has 0 spiro atoms. The van der Waals surface area contributed by atoms with Gasteiger partial charge in [0.2, 0.25) is 5.91 Å². The van der Waals surface area contributed by atoms with Crippen LogP contribution in [0.15, 0.2) is 85.1 Å². The van der Waals surface area contributed by atoms with Gasteiger partial charge in [0.05, 0.1) is 5.69 Å². The van der Waals surface area contributed by atoms with Crippen LogP contribution in [0, 0.1) is 6.92 Å². The van der Waals surface area contributed by atoms with Gasteiger partial charge < -0.3 is 10.2 Å². The van der Waals surface area contributed by atoms with Crippen molar-refractivity contribution in [2.45, 2.75) is 13.3 Å². The number of aryl methyl sites for hydroxylation is 1. The molecule has 0 radical (unpaired) electrons. The van der Waals surface area contributed by atoms with Crippen molar-refractivity contribution in [1.29, 1.82) is 0 Å². The molecule has 33 heavy (non-hydrogen) atoms. The minimum atomic E-state index is -0.260. The van der Waals surface area contributed by atoms with Crippen LogP contribution >= 0.6 is 8.35 Å². The average Bonchev–Trinajstić information content (AvgIpc) is 2.94. The summed E-state index contributed by atoms with van der Waals surface area (Å²) >= 11 is 0. The lowest BCUT2D eigenvalue weighted by atomic mass is 10.1. The molecular formula is C26H27N4O2P. The van der Waals surface area contributed by atoms with Crippen molar-refractivity contribution >= 4 is 31.9 Å². The highest BCUT2D eigenvalue weighted by Crippen LogP contribution is 2.12. The molecule has 3 aromatic rings. The van der Waals surface area contributed by atoms with E-state index in [2.05, 4.69) is 15.0 Å². The summed E-state index contributed by atoms with van der Waals surface area (Å²) in [5.74, 6) is -0.336. The van der Waals surface area contributed by atoms with Gasteiger partial charge in [-0.15, -0.1) is 0 Å². The van der Waals surface area contributed by atoms with Crippen molar-refractivity contribution in [3.8, 4) is 0 Å².